The smallest absolute Gasteiger partial charge is 0.230 e. The molecule has 2 rings (SSSR count). The number of carbonyl (C=O) groups excluding carboxylic acids is 1. The lowest BCUT2D eigenvalue weighted by molar-refractivity contribution is -0.143. The average molecular weight is 238 g/mol. The maximum Gasteiger partial charge on any atom is 0.230 e. The Morgan fingerprint density at radius 3 is 2.71 bits per heavy atom. The molecule has 98 valence electrons. The first kappa shape index (κ1) is 12.9. The van der Waals surface area contributed by atoms with Gasteiger partial charge in [-0.2, -0.15) is 0 Å². The van der Waals surface area contributed by atoms with Crippen LogP contribution in [0.2, 0.25) is 0 Å². The molecule has 0 aromatic carbocycles. The van der Waals surface area contributed by atoms with E-state index in [0.717, 1.165) is 44.9 Å². The van der Waals surface area contributed by atoms with Crippen LogP contribution in [-0.2, 0) is 4.79 Å². The lowest BCUT2D eigenvalue weighted by Crippen LogP contribution is -2.50. The molecule has 2 saturated heterocycles. The van der Waals surface area contributed by atoms with Crippen molar-refractivity contribution in [2.75, 3.05) is 26.2 Å². The Labute approximate surface area is 105 Å². The monoisotopic (exact) mass is 238 g/mol. The highest BCUT2D eigenvalue weighted by atomic mass is 16.2. The zero-order chi connectivity index (χ0) is 12.5. The maximum absolute atomic E-state index is 12.7. The summed E-state index contributed by atoms with van der Waals surface area (Å²) < 4.78 is 0. The summed E-state index contributed by atoms with van der Waals surface area (Å²) in [7, 11) is 0. The highest BCUT2D eigenvalue weighted by Crippen LogP contribution is 2.34. The highest BCUT2D eigenvalue weighted by Gasteiger charge is 2.43. The fourth-order valence-corrected chi connectivity index (χ4v) is 3.16. The summed E-state index contributed by atoms with van der Waals surface area (Å²) in [5, 5.41) is 3.36. The second-order valence-electron chi connectivity index (χ2n) is 6.06. The van der Waals surface area contributed by atoms with Gasteiger partial charge in [-0.3, -0.25) is 4.79 Å². The Morgan fingerprint density at radius 1 is 1.41 bits per heavy atom. The van der Waals surface area contributed by atoms with Gasteiger partial charge in [0.15, 0.2) is 0 Å². The minimum Gasteiger partial charge on any atom is -0.342 e. The van der Waals surface area contributed by atoms with Crippen LogP contribution in [0, 0.1) is 17.3 Å². The summed E-state index contributed by atoms with van der Waals surface area (Å²) in [6.45, 7) is 10.5. The zero-order valence-electron chi connectivity index (χ0n) is 11.5. The van der Waals surface area contributed by atoms with Gasteiger partial charge in [-0.05, 0) is 37.6 Å². The third kappa shape index (κ3) is 2.35. The molecule has 3 atom stereocenters. The van der Waals surface area contributed by atoms with Crippen LogP contribution in [0.4, 0.5) is 0 Å². The van der Waals surface area contributed by atoms with Gasteiger partial charge in [-0.15, -0.1) is 0 Å². The lowest BCUT2D eigenvalue weighted by atomic mass is 9.80. The van der Waals surface area contributed by atoms with Crippen LogP contribution in [-0.4, -0.2) is 37.0 Å². The van der Waals surface area contributed by atoms with Crippen LogP contribution in [0.3, 0.4) is 0 Å². The molecule has 0 spiro atoms. The van der Waals surface area contributed by atoms with Crippen molar-refractivity contribution in [3.05, 3.63) is 0 Å². The molecule has 0 radical (unpaired) electrons. The molecule has 2 aliphatic heterocycles. The number of amides is 1. The quantitative estimate of drug-likeness (QED) is 0.796. The number of carbonyl (C=O) groups is 1. The largest absolute Gasteiger partial charge is 0.342 e. The second kappa shape index (κ2) is 4.97. The van der Waals surface area contributed by atoms with Crippen molar-refractivity contribution in [3.8, 4) is 0 Å². The van der Waals surface area contributed by atoms with Crippen LogP contribution in [0.5, 0.6) is 0 Å². The van der Waals surface area contributed by atoms with Crippen molar-refractivity contribution in [2.24, 2.45) is 17.3 Å². The van der Waals surface area contributed by atoms with Gasteiger partial charge >= 0.3 is 0 Å². The average Bonchev–Trinajstić information content (AvgIpc) is 2.81. The predicted molar refractivity (Wildman–Crippen MR) is 69.7 cm³/mol. The lowest BCUT2D eigenvalue weighted by Gasteiger charge is -2.40. The van der Waals surface area contributed by atoms with E-state index in [9.17, 15) is 4.79 Å². The second-order valence-corrected chi connectivity index (χ2v) is 6.06. The Hall–Kier alpha value is -0.570. The third-order valence-electron chi connectivity index (χ3n) is 5.00. The number of nitrogens with zero attached hydrogens (tertiary/aromatic N) is 1. The molecule has 1 N–H and O–H groups in total. The van der Waals surface area contributed by atoms with Crippen LogP contribution in [0.25, 0.3) is 0 Å². The molecule has 2 fully saturated rings. The topological polar surface area (TPSA) is 32.3 Å². The van der Waals surface area contributed by atoms with Gasteiger partial charge in [-0.25, -0.2) is 0 Å². The predicted octanol–water partition coefficient (Wildman–Crippen LogP) is 1.88. The van der Waals surface area contributed by atoms with Gasteiger partial charge in [0.05, 0.1) is 5.41 Å². The summed E-state index contributed by atoms with van der Waals surface area (Å²) in [6, 6.07) is 0. The van der Waals surface area contributed by atoms with Crippen LogP contribution in [0.15, 0.2) is 0 Å². The Bertz CT molecular complexity index is 284. The molecule has 0 saturated carbocycles. The number of piperidine rings is 1. The minimum absolute atomic E-state index is 0.0969. The van der Waals surface area contributed by atoms with Gasteiger partial charge in [0.1, 0.15) is 0 Å². The van der Waals surface area contributed by atoms with Crippen molar-refractivity contribution < 1.29 is 4.79 Å². The van der Waals surface area contributed by atoms with E-state index in [4.69, 9.17) is 0 Å². The van der Waals surface area contributed by atoms with E-state index in [1.807, 2.05) is 0 Å². The molecule has 2 aliphatic rings. The zero-order valence-corrected chi connectivity index (χ0v) is 11.5. The molecule has 17 heavy (non-hydrogen) atoms. The standard InChI is InChI=1S/C14H26N2O/c1-4-14(6-7-15-10-14)13(17)16-8-5-11(2)12(3)9-16/h11-12,15H,4-10H2,1-3H3. The van der Waals surface area contributed by atoms with Crippen LogP contribution >= 0.6 is 0 Å². The van der Waals surface area contributed by atoms with Crippen molar-refractivity contribution >= 4 is 5.91 Å². The summed E-state index contributed by atoms with van der Waals surface area (Å²) in [4.78, 5) is 14.8. The molecule has 1 amide bonds. The number of rotatable bonds is 2. The summed E-state index contributed by atoms with van der Waals surface area (Å²) in [6.07, 6.45) is 3.15. The van der Waals surface area contributed by atoms with E-state index in [2.05, 4.69) is 31.0 Å². The Kier molecular flexibility index (Phi) is 3.76. The van der Waals surface area contributed by atoms with Gasteiger partial charge in [-0.1, -0.05) is 20.8 Å². The molecule has 0 aliphatic carbocycles. The van der Waals surface area contributed by atoms with Gasteiger partial charge in [0, 0.05) is 19.6 Å². The van der Waals surface area contributed by atoms with E-state index >= 15 is 0 Å². The van der Waals surface area contributed by atoms with Gasteiger partial charge in [0.2, 0.25) is 5.91 Å². The molecular weight excluding hydrogens is 212 g/mol. The fourth-order valence-electron chi connectivity index (χ4n) is 3.16. The van der Waals surface area contributed by atoms with Gasteiger partial charge in [0.25, 0.3) is 0 Å². The van der Waals surface area contributed by atoms with Crippen molar-refractivity contribution in [1.82, 2.24) is 10.2 Å². The van der Waals surface area contributed by atoms with E-state index in [1.54, 1.807) is 0 Å². The maximum atomic E-state index is 12.7. The first-order valence-corrected chi connectivity index (χ1v) is 7.09. The first-order chi connectivity index (χ1) is 8.09. The number of hydrogen-bond acceptors (Lipinski definition) is 2. The van der Waals surface area contributed by atoms with E-state index in [0.29, 0.717) is 11.8 Å². The molecule has 0 bridgehead atoms. The fraction of sp³-hybridized carbons (Fsp3) is 0.929. The summed E-state index contributed by atoms with van der Waals surface area (Å²) in [5.74, 6) is 1.82. The third-order valence-corrected chi connectivity index (χ3v) is 5.00. The first-order valence-electron chi connectivity index (χ1n) is 7.09. The molecule has 2 heterocycles. The Balaban J connectivity index is 2.04. The molecule has 3 unspecified atom stereocenters. The van der Waals surface area contributed by atoms with E-state index in [-0.39, 0.29) is 5.41 Å². The summed E-state index contributed by atoms with van der Waals surface area (Å²) in [5.41, 5.74) is -0.0969. The number of likely N-dealkylation sites (tertiary alicyclic amines) is 1. The molecule has 3 heteroatoms. The van der Waals surface area contributed by atoms with E-state index < -0.39 is 0 Å². The van der Waals surface area contributed by atoms with Gasteiger partial charge < -0.3 is 10.2 Å². The molecule has 0 aromatic heterocycles. The molecular formula is C14H26N2O. The molecule has 0 aromatic rings. The van der Waals surface area contributed by atoms with E-state index in [1.165, 1.54) is 6.42 Å². The van der Waals surface area contributed by atoms with Crippen molar-refractivity contribution in [3.63, 3.8) is 0 Å². The number of nitrogens with one attached hydrogen (secondary N) is 1. The normalized spacial score (nSPS) is 38.4. The number of hydrogen-bond donors (Lipinski definition) is 1. The SMILES string of the molecule is CCC1(C(=O)N2CCC(C)C(C)C2)CCNC1. The van der Waals surface area contributed by atoms with Crippen molar-refractivity contribution in [1.29, 1.82) is 0 Å². The highest BCUT2D eigenvalue weighted by molar-refractivity contribution is 5.83. The summed E-state index contributed by atoms with van der Waals surface area (Å²) >= 11 is 0. The van der Waals surface area contributed by atoms with Crippen molar-refractivity contribution in [2.45, 2.75) is 40.0 Å². The molecule has 3 nitrogen and oxygen atoms in total. The Morgan fingerprint density at radius 2 is 2.18 bits per heavy atom. The minimum atomic E-state index is -0.0969. The van der Waals surface area contributed by atoms with Crippen LogP contribution < -0.4 is 5.32 Å². The van der Waals surface area contributed by atoms with Crippen LogP contribution in [0.1, 0.15) is 40.0 Å².